The van der Waals surface area contributed by atoms with Crippen molar-refractivity contribution in [1.82, 2.24) is 0 Å². The molecule has 0 spiro atoms. The number of aryl methyl sites for hydroxylation is 1. The summed E-state index contributed by atoms with van der Waals surface area (Å²) in [6.07, 6.45) is 16.8. The minimum Gasteiger partial charge on any atom is -0.299 e. The molecule has 0 unspecified atom stereocenters. The summed E-state index contributed by atoms with van der Waals surface area (Å²) in [5.74, 6) is 1.57. The molecule has 146 valence electrons. The Morgan fingerprint density at radius 3 is 2.08 bits per heavy atom. The second-order valence-electron chi connectivity index (χ2n) is 8.38. The van der Waals surface area contributed by atoms with E-state index in [1.807, 2.05) is 0 Å². The fourth-order valence-corrected chi connectivity index (χ4v) is 4.39. The first kappa shape index (κ1) is 21.2. The Kier molecular flexibility index (Phi) is 10.0. The van der Waals surface area contributed by atoms with Crippen LogP contribution in [0.1, 0.15) is 114 Å². The highest BCUT2D eigenvalue weighted by atomic mass is 16.1. The maximum atomic E-state index is 12.4. The fourth-order valence-electron chi connectivity index (χ4n) is 4.39. The molecule has 1 aromatic carbocycles. The number of rotatable bonds is 12. The van der Waals surface area contributed by atoms with Crippen molar-refractivity contribution in [2.75, 3.05) is 0 Å². The standard InChI is InChI=1S/C25H40O/c1-3-5-7-8-10-12-25(26)24-19-17-23(18-20-24)22-15-13-21(14-16-22)11-9-6-4-2/h13-16,23-24H,3-12,17-20H2,1-2H3. The molecule has 0 aromatic heterocycles. The second kappa shape index (κ2) is 12.3. The SMILES string of the molecule is CCCCCCCC(=O)C1CCC(c2ccc(CCCCC)cc2)CC1. The van der Waals surface area contributed by atoms with Gasteiger partial charge in [-0.15, -0.1) is 0 Å². The summed E-state index contributed by atoms with van der Waals surface area (Å²) >= 11 is 0. The smallest absolute Gasteiger partial charge is 0.135 e. The summed E-state index contributed by atoms with van der Waals surface area (Å²) in [5, 5.41) is 0. The summed E-state index contributed by atoms with van der Waals surface area (Å²) in [6.45, 7) is 4.50. The number of benzene rings is 1. The van der Waals surface area contributed by atoms with Crippen molar-refractivity contribution in [3.05, 3.63) is 35.4 Å². The maximum Gasteiger partial charge on any atom is 0.135 e. The van der Waals surface area contributed by atoms with Gasteiger partial charge >= 0.3 is 0 Å². The molecule has 1 aromatic rings. The van der Waals surface area contributed by atoms with E-state index in [0.717, 1.165) is 25.7 Å². The van der Waals surface area contributed by atoms with E-state index in [2.05, 4.69) is 38.1 Å². The van der Waals surface area contributed by atoms with Crippen LogP contribution in [0.4, 0.5) is 0 Å². The molecular weight excluding hydrogens is 316 g/mol. The highest BCUT2D eigenvalue weighted by molar-refractivity contribution is 5.81. The normalized spacial score (nSPS) is 20.2. The van der Waals surface area contributed by atoms with Gasteiger partial charge < -0.3 is 0 Å². The van der Waals surface area contributed by atoms with Gasteiger partial charge in [-0.3, -0.25) is 4.79 Å². The Hall–Kier alpha value is -1.11. The van der Waals surface area contributed by atoms with Gasteiger partial charge in [0.1, 0.15) is 5.78 Å². The van der Waals surface area contributed by atoms with E-state index >= 15 is 0 Å². The average molecular weight is 357 g/mol. The van der Waals surface area contributed by atoms with E-state index in [4.69, 9.17) is 0 Å². The summed E-state index contributed by atoms with van der Waals surface area (Å²) in [7, 11) is 0. The highest BCUT2D eigenvalue weighted by Crippen LogP contribution is 2.36. The highest BCUT2D eigenvalue weighted by Gasteiger charge is 2.26. The molecule has 1 nitrogen and oxygen atoms in total. The quantitative estimate of drug-likeness (QED) is 0.352. The van der Waals surface area contributed by atoms with Crippen LogP contribution in [0.3, 0.4) is 0 Å². The van der Waals surface area contributed by atoms with Crippen LogP contribution in [0.5, 0.6) is 0 Å². The van der Waals surface area contributed by atoms with Crippen molar-refractivity contribution in [3.8, 4) is 0 Å². The second-order valence-corrected chi connectivity index (χ2v) is 8.38. The number of hydrogen-bond acceptors (Lipinski definition) is 1. The van der Waals surface area contributed by atoms with Crippen molar-refractivity contribution in [2.45, 2.75) is 110 Å². The molecule has 0 radical (unpaired) electrons. The first-order chi connectivity index (χ1) is 12.7. The van der Waals surface area contributed by atoms with Crippen LogP contribution in [0.25, 0.3) is 0 Å². The Morgan fingerprint density at radius 2 is 1.42 bits per heavy atom. The van der Waals surface area contributed by atoms with Gasteiger partial charge in [0, 0.05) is 12.3 Å². The number of carbonyl (C=O) groups is 1. The lowest BCUT2D eigenvalue weighted by Gasteiger charge is -2.28. The minimum absolute atomic E-state index is 0.353. The van der Waals surface area contributed by atoms with E-state index in [0.29, 0.717) is 17.6 Å². The zero-order valence-electron chi connectivity index (χ0n) is 17.3. The third-order valence-electron chi connectivity index (χ3n) is 6.23. The maximum absolute atomic E-state index is 12.4. The van der Waals surface area contributed by atoms with Gasteiger partial charge in [-0.25, -0.2) is 0 Å². The lowest BCUT2D eigenvalue weighted by molar-refractivity contribution is -0.124. The first-order valence-electron chi connectivity index (χ1n) is 11.4. The van der Waals surface area contributed by atoms with Crippen molar-refractivity contribution in [2.24, 2.45) is 5.92 Å². The van der Waals surface area contributed by atoms with Gasteiger partial charge in [0.15, 0.2) is 0 Å². The molecule has 0 heterocycles. The zero-order valence-corrected chi connectivity index (χ0v) is 17.3. The minimum atomic E-state index is 0.353. The van der Waals surface area contributed by atoms with Crippen LogP contribution in [0.2, 0.25) is 0 Å². The van der Waals surface area contributed by atoms with Crippen LogP contribution in [-0.2, 0) is 11.2 Å². The summed E-state index contributed by atoms with van der Waals surface area (Å²) in [4.78, 5) is 12.4. The topological polar surface area (TPSA) is 17.1 Å². The number of carbonyl (C=O) groups excluding carboxylic acids is 1. The predicted molar refractivity (Wildman–Crippen MR) is 113 cm³/mol. The Labute approximate surface area is 162 Å². The van der Waals surface area contributed by atoms with Gasteiger partial charge in [-0.1, -0.05) is 76.6 Å². The predicted octanol–water partition coefficient (Wildman–Crippen LogP) is 7.62. The molecular formula is C25H40O. The molecule has 0 atom stereocenters. The van der Waals surface area contributed by atoms with Crippen molar-refractivity contribution in [3.63, 3.8) is 0 Å². The van der Waals surface area contributed by atoms with Gasteiger partial charge in [0.25, 0.3) is 0 Å². The van der Waals surface area contributed by atoms with Gasteiger partial charge in [0.2, 0.25) is 0 Å². The van der Waals surface area contributed by atoms with E-state index in [9.17, 15) is 4.79 Å². The molecule has 1 aliphatic rings. The number of ketones is 1. The van der Waals surface area contributed by atoms with Crippen molar-refractivity contribution in [1.29, 1.82) is 0 Å². The number of unbranched alkanes of at least 4 members (excludes halogenated alkanes) is 6. The molecule has 1 fully saturated rings. The molecule has 0 bridgehead atoms. The molecule has 1 aliphatic carbocycles. The Morgan fingerprint density at radius 1 is 0.808 bits per heavy atom. The van der Waals surface area contributed by atoms with E-state index in [1.165, 1.54) is 75.3 Å². The lowest BCUT2D eigenvalue weighted by atomic mass is 9.76. The summed E-state index contributed by atoms with van der Waals surface area (Å²) in [5.41, 5.74) is 2.98. The van der Waals surface area contributed by atoms with Gasteiger partial charge in [0.05, 0.1) is 0 Å². The number of Topliss-reactive ketones (excluding diaryl/α,β-unsaturated/α-hetero) is 1. The third-order valence-corrected chi connectivity index (χ3v) is 6.23. The summed E-state index contributed by atoms with van der Waals surface area (Å²) in [6, 6.07) is 9.36. The first-order valence-corrected chi connectivity index (χ1v) is 11.4. The summed E-state index contributed by atoms with van der Waals surface area (Å²) < 4.78 is 0. The Balaban J connectivity index is 1.69. The molecule has 26 heavy (non-hydrogen) atoms. The number of hydrogen-bond donors (Lipinski definition) is 0. The monoisotopic (exact) mass is 356 g/mol. The van der Waals surface area contributed by atoms with E-state index < -0.39 is 0 Å². The van der Waals surface area contributed by atoms with Crippen LogP contribution in [-0.4, -0.2) is 5.78 Å². The van der Waals surface area contributed by atoms with Gasteiger partial charge in [-0.05, 0) is 62.0 Å². The largest absolute Gasteiger partial charge is 0.299 e. The molecule has 1 heteroatoms. The molecule has 0 N–H and O–H groups in total. The molecule has 2 rings (SSSR count). The van der Waals surface area contributed by atoms with Crippen LogP contribution >= 0.6 is 0 Å². The van der Waals surface area contributed by atoms with Crippen LogP contribution in [0, 0.1) is 5.92 Å². The van der Waals surface area contributed by atoms with E-state index in [1.54, 1.807) is 0 Å². The molecule has 0 saturated heterocycles. The van der Waals surface area contributed by atoms with Crippen molar-refractivity contribution < 1.29 is 4.79 Å². The van der Waals surface area contributed by atoms with Crippen LogP contribution < -0.4 is 0 Å². The van der Waals surface area contributed by atoms with Gasteiger partial charge in [-0.2, -0.15) is 0 Å². The van der Waals surface area contributed by atoms with E-state index in [-0.39, 0.29) is 0 Å². The molecule has 0 aliphatic heterocycles. The Bertz CT molecular complexity index is 493. The molecule has 1 saturated carbocycles. The third kappa shape index (κ3) is 7.25. The lowest BCUT2D eigenvalue weighted by Crippen LogP contribution is -2.21. The van der Waals surface area contributed by atoms with Crippen molar-refractivity contribution >= 4 is 5.78 Å². The van der Waals surface area contributed by atoms with Crippen LogP contribution in [0.15, 0.2) is 24.3 Å². The molecule has 0 amide bonds. The zero-order chi connectivity index (χ0) is 18.6. The average Bonchev–Trinajstić information content (AvgIpc) is 2.68. The fraction of sp³-hybridized carbons (Fsp3) is 0.720.